The maximum atomic E-state index is 13.1. The minimum absolute atomic E-state index is 0.0974. The summed E-state index contributed by atoms with van der Waals surface area (Å²) < 4.78 is 5.22. The lowest BCUT2D eigenvalue weighted by Gasteiger charge is -2.33. The summed E-state index contributed by atoms with van der Waals surface area (Å²) in [5, 5.41) is 0. The average Bonchev–Trinajstić information content (AvgIpc) is 2.69. The molecule has 0 aromatic heterocycles. The maximum absolute atomic E-state index is 13.1. The van der Waals surface area contributed by atoms with Gasteiger partial charge in [0.2, 0.25) is 5.91 Å². The number of piperazine rings is 1. The number of benzene rings is 2. The number of hydrogen-bond acceptors (Lipinski definition) is 5. The number of nitrogen functional groups attached to an aromatic ring is 1. The molecule has 0 atom stereocenters. The zero-order valence-electron chi connectivity index (χ0n) is 16.1. The molecule has 0 unspecified atom stereocenters. The van der Waals surface area contributed by atoms with Crippen LogP contribution >= 0.6 is 0 Å². The highest BCUT2D eigenvalue weighted by Gasteiger charge is 2.22. The van der Waals surface area contributed by atoms with Crippen LogP contribution in [0.2, 0.25) is 0 Å². The summed E-state index contributed by atoms with van der Waals surface area (Å²) in [6.07, 6.45) is 0. The zero-order valence-corrected chi connectivity index (χ0v) is 16.1. The lowest BCUT2D eigenvalue weighted by atomic mass is 10.1. The Hall–Kier alpha value is -2.57. The lowest BCUT2D eigenvalue weighted by molar-refractivity contribution is -0.120. The molecule has 2 aromatic carbocycles. The molecule has 0 spiro atoms. The number of carbonyl (C=O) groups excluding carboxylic acids is 1. The van der Waals surface area contributed by atoms with Crippen LogP contribution in [0.3, 0.4) is 0 Å². The first kappa shape index (κ1) is 19.2. The van der Waals surface area contributed by atoms with Gasteiger partial charge in [0.15, 0.2) is 0 Å². The van der Waals surface area contributed by atoms with Gasteiger partial charge in [0.1, 0.15) is 5.75 Å². The number of carbonyl (C=O) groups is 1. The number of rotatable bonds is 6. The molecule has 144 valence electrons. The highest BCUT2D eigenvalue weighted by Crippen LogP contribution is 2.21. The summed E-state index contributed by atoms with van der Waals surface area (Å²) in [5.74, 6) is 0.904. The molecule has 2 aromatic rings. The molecular weight excluding hydrogens is 340 g/mol. The molecule has 27 heavy (non-hydrogen) atoms. The van der Waals surface area contributed by atoms with E-state index in [1.807, 2.05) is 53.4 Å². The first-order chi connectivity index (χ1) is 13.0. The van der Waals surface area contributed by atoms with Crippen LogP contribution in [0.1, 0.15) is 5.56 Å². The van der Waals surface area contributed by atoms with Crippen molar-refractivity contribution in [3.8, 4) is 5.75 Å². The van der Waals surface area contributed by atoms with Gasteiger partial charge in [-0.15, -0.1) is 0 Å². The minimum Gasteiger partial charge on any atom is -0.497 e. The minimum atomic E-state index is 0.0974. The second kappa shape index (κ2) is 8.88. The first-order valence-electron chi connectivity index (χ1n) is 9.25. The van der Waals surface area contributed by atoms with E-state index in [0.29, 0.717) is 18.8 Å². The molecule has 3 rings (SSSR count). The molecular formula is C21H28N4O2. The van der Waals surface area contributed by atoms with Gasteiger partial charge in [0, 0.05) is 37.6 Å². The summed E-state index contributed by atoms with van der Waals surface area (Å²) >= 11 is 0. The van der Waals surface area contributed by atoms with Gasteiger partial charge in [-0.3, -0.25) is 9.69 Å². The largest absolute Gasteiger partial charge is 0.497 e. The van der Waals surface area contributed by atoms with E-state index in [1.54, 1.807) is 7.11 Å². The van der Waals surface area contributed by atoms with E-state index in [9.17, 15) is 4.79 Å². The fourth-order valence-electron chi connectivity index (χ4n) is 3.17. The highest BCUT2D eigenvalue weighted by molar-refractivity contribution is 5.94. The number of nitrogens with two attached hydrogens (primary N) is 1. The monoisotopic (exact) mass is 368 g/mol. The SMILES string of the molecule is COc1ccc(CN(C(=O)CN2CCN(C)CC2)c2ccc(N)cc2)cc1. The van der Waals surface area contributed by atoms with Crippen LogP contribution in [-0.2, 0) is 11.3 Å². The smallest absolute Gasteiger partial charge is 0.241 e. The van der Waals surface area contributed by atoms with E-state index in [1.165, 1.54) is 0 Å². The zero-order chi connectivity index (χ0) is 19.2. The van der Waals surface area contributed by atoms with Crippen molar-refractivity contribution in [3.05, 3.63) is 54.1 Å². The van der Waals surface area contributed by atoms with E-state index in [-0.39, 0.29) is 5.91 Å². The number of nitrogens with zero attached hydrogens (tertiary/aromatic N) is 3. The van der Waals surface area contributed by atoms with E-state index in [0.717, 1.165) is 43.2 Å². The summed E-state index contributed by atoms with van der Waals surface area (Å²) in [6, 6.07) is 15.3. The van der Waals surface area contributed by atoms with Crippen molar-refractivity contribution in [3.63, 3.8) is 0 Å². The van der Waals surface area contributed by atoms with Gasteiger partial charge >= 0.3 is 0 Å². The summed E-state index contributed by atoms with van der Waals surface area (Å²) in [6.45, 7) is 4.76. The molecule has 1 aliphatic rings. The Kier molecular flexibility index (Phi) is 6.32. The number of ether oxygens (including phenoxy) is 1. The van der Waals surface area contributed by atoms with Gasteiger partial charge in [-0.1, -0.05) is 12.1 Å². The van der Waals surface area contributed by atoms with Crippen molar-refractivity contribution in [2.75, 3.05) is 57.5 Å². The van der Waals surface area contributed by atoms with Crippen molar-refractivity contribution in [1.29, 1.82) is 0 Å². The standard InChI is InChI=1S/C21H28N4O2/c1-23-11-13-24(14-12-23)16-21(26)25(19-7-5-18(22)6-8-19)15-17-3-9-20(27-2)10-4-17/h3-10H,11-16,22H2,1-2H3. The van der Waals surface area contributed by atoms with E-state index < -0.39 is 0 Å². The third-order valence-corrected chi connectivity index (χ3v) is 4.96. The van der Waals surface area contributed by atoms with Crippen LogP contribution < -0.4 is 15.4 Å². The van der Waals surface area contributed by atoms with E-state index >= 15 is 0 Å². The molecule has 1 saturated heterocycles. The number of amides is 1. The van der Waals surface area contributed by atoms with Crippen molar-refractivity contribution in [1.82, 2.24) is 9.80 Å². The van der Waals surface area contributed by atoms with Gasteiger partial charge in [0.25, 0.3) is 0 Å². The van der Waals surface area contributed by atoms with Crippen LogP contribution in [0.15, 0.2) is 48.5 Å². The average molecular weight is 368 g/mol. The molecule has 1 fully saturated rings. The normalized spacial score (nSPS) is 15.5. The fraction of sp³-hybridized carbons (Fsp3) is 0.381. The molecule has 2 N–H and O–H groups in total. The first-order valence-corrected chi connectivity index (χ1v) is 9.25. The number of hydrogen-bond donors (Lipinski definition) is 1. The van der Waals surface area contributed by atoms with Gasteiger partial charge in [-0.05, 0) is 49.0 Å². The predicted molar refractivity (Wildman–Crippen MR) is 109 cm³/mol. The molecule has 1 heterocycles. The fourth-order valence-corrected chi connectivity index (χ4v) is 3.17. The van der Waals surface area contributed by atoms with Crippen molar-refractivity contribution >= 4 is 17.3 Å². The Morgan fingerprint density at radius 2 is 1.67 bits per heavy atom. The molecule has 1 aliphatic heterocycles. The molecule has 0 radical (unpaired) electrons. The second-order valence-electron chi connectivity index (χ2n) is 7.00. The van der Waals surface area contributed by atoms with Gasteiger partial charge in [0.05, 0.1) is 20.2 Å². The highest BCUT2D eigenvalue weighted by atomic mass is 16.5. The summed E-state index contributed by atoms with van der Waals surface area (Å²) in [5.41, 5.74) is 8.42. The predicted octanol–water partition coefficient (Wildman–Crippen LogP) is 2.06. The number of methoxy groups -OCH3 is 1. The maximum Gasteiger partial charge on any atom is 0.241 e. The van der Waals surface area contributed by atoms with Crippen LogP contribution in [-0.4, -0.2) is 62.6 Å². The molecule has 0 aliphatic carbocycles. The number of anilines is 2. The van der Waals surface area contributed by atoms with Gasteiger partial charge < -0.3 is 20.3 Å². The Bertz CT molecular complexity index is 738. The van der Waals surface area contributed by atoms with Crippen molar-refractivity contribution in [2.24, 2.45) is 0 Å². The van der Waals surface area contributed by atoms with Crippen LogP contribution in [0.4, 0.5) is 11.4 Å². The van der Waals surface area contributed by atoms with Gasteiger partial charge in [-0.2, -0.15) is 0 Å². The Labute approximate surface area is 161 Å². The molecule has 0 saturated carbocycles. The molecule has 1 amide bonds. The Morgan fingerprint density at radius 3 is 2.26 bits per heavy atom. The Morgan fingerprint density at radius 1 is 1.04 bits per heavy atom. The summed E-state index contributed by atoms with van der Waals surface area (Å²) in [7, 11) is 3.76. The van der Waals surface area contributed by atoms with Crippen LogP contribution in [0.25, 0.3) is 0 Å². The lowest BCUT2D eigenvalue weighted by Crippen LogP contribution is -2.48. The third kappa shape index (κ3) is 5.21. The molecule has 6 nitrogen and oxygen atoms in total. The van der Waals surface area contributed by atoms with Gasteiger partial charge in [-0.25, -0.2) is 0 Å². The number of likely N-dealkylation sites (N-methyl/N-ethyl adjacent to an activating group) is 1. The van der Waals surface area contributed by atoms with Crippen molar-refractivity contribution in [2.45, 2.75) is 6.54 Å². The van der Waals surface area contributed by atoms with Crippen LogP contribution in [0, 0.1) is 0 Å². The van der Waals surface area contributed by atoms with E-state index in [4.69, 9.17) is 10.5 Å². The molecule has 6 heteroatoms. The van der Waals surface area contributed by atoms with Crippen molar-refractivity contribution < 1.29 is 9.53 Å². The molecule has 0 bridgehead atoms. The topological polar surface area (TPSA) is 62.0 Å². The quantitative estimate of drug-likeness (QED) is 0.791. The van der Waals surface area contributed by atoms with Crippen LogP contribution in [0.5, 0.6) is 5.75 Å². The summed E-state index contributed by atoms with van der Waals surface area (Å²) in [4.78, 5) is 19.5. The second-order valence-corrected chi connectivity index (χ2v) is 7.00. The third-order valence-electron chi connectivity index (χ3n) is 4.96. The van der Waals surface area contributed by atoms with E-state index in [2.05, 4.69) is 16.8 Å². The Balaban J connectivity index is 1.76.